The highest BCUT2D eigenvalue weighted by atomic mass is 19.4. The number of halogens is 3. The van der Waals surface area contributed by atoms with Crippen molar-refractivity contribution in [1.29, 1.82) is 0 Å². The van der Waals surface area contributed by atoms with Crippen molar-refractivity contribution in [1.82, 2.24) is 19.4 Å². The number of piperazine rings is 1. The van der Waals surface area contributed by atoms with E-state index in [1.54, 1.807) is 6.26 Å². The van der Waals surface area contributed by atoms with Gasteiger partial charge in [-0.15, -0.1) is 0 Å². The first-order valence-electron chi connectivity index (χ1n) is 9.07. The van der Waals surface area contributed by atoms with Gasteiger partial charge in [0.15, 0.2) is 0 Å². The smallest absolute Gasteiger partial charge is 0.449 e. The molecule has 1 atom stereocenters. The Balaban J connectivity index is 1.34. The number of hydrogen-bond acceptors (Lipinski definition) is 4. The number of carbonyl (C=O) groups is 1. The van der Waals surface area contributed by atoms with Gasteiger partial charge < -0.3 is 13.9 Å². The van der Waals surface area contributed by atoms with E-state index in [-0.39, 0.29) is 18.4 Å². The molecular formula is C18H21F3N4O2. The summed E-state index contributed by atoms with van der Waals surface area (Å²) in [5.74, 6) is -0.203. The molecule has 2 aliphatic heterocycles. The van der Waals surface area contributed by atoms with Crippen LogP contribution in [0.5, 0.6) is 0 Å². The quantitative estimate of drug-likeness (QED) is 0.818. The lowest BCUT2D eigenvalue weighted by molar-refractivity contribution is -0.147. The van der Waals surface area contributed by atoms with Crippen molar-refractivity contribution in [3.05, 3.63) is 41.9 Å². The van der Waals surface area contributed by atoms with Gasteiger partial charge in [0.05, 0.1) is 12.8 Å². The van der Waals surface area contributed by atoms with E-state index in [0.717, 1.165) is 25.4 Å². The average Bonchev–Trinajstić information content (AvgIpc) is 3.30. The van der Waals surface area contributed by atoms with Crippen molar-refractivity contribution >= 4 is 5.91 Å². The standard InChI is InChI=1S/C18H21F3N4O2/c19-18(20,21)17-22-11-14-10-13(3-4-25(14)17)16(26)24-7-5-23(6-8-24)12-15-2-1-9-27-15/h1-2,9,11,13H,3-8,10,12H2/t13-/m1/s1. The number of amides is 1. The molecule has 0 aromatic carbocycles. The normalized spacial score (nSPS) is 21.3. The van der Waals surface area contributed by atoms with Crippen LogP contribution >= 0.6 is 0 Å². The molecule has 1 saturated heterocycles. The molecule has 0 spiro atoms. The lowest BCUT2D eigenvalue weighted by Crippen LogP contribution is -2.50. The van der Waals surface area contributed by atoms with Crippen molar-refractivity contribution in [3.8, 4) is 0 Å². The molecule has 0 unspecified atom stereocenters. The first-order valence-corrected chi connectivity index (χ1v) is 9.07. The maximum Gasteiger partial charge on any atom is 0.449 e. The highest BCUT2D eigenvalue weighted by Crippen LogP contribution is 2.32. The highest BCUT2D eigenvalue weighted by Gasteiger charge is 2.40. The first-order chi connectivity index (χ1) is 12.9. The number of alkyl halides is 3. The van der Waals surface area contributed by atoms with E-state index in [9.17, 15) is 18.0 Å². The third-order valence-corrected chi connectivity index (χ3v) is 5.34. The summed E-state index contributed by atoms with van der Waals surface area (Å²) in [6.45, 7) is 3.67. The van der Waals surface area contributed by atoms with E-state index in [2.05, 4.69) is 9.88 Å². The Hall–Kier alpha value is -2.29. The number of hydrogen-bond donors (Lipinski definition) is 0. The van der Waals surface area contributed by atoms with E-state index in [1.165, 1.54) is 10.8 Å². The van der Waals surface area contributed by atoms with Gasteiger partial charge in [0.2, 0.25) is 11.7 Å². The van der Waals surface area contributed by atoms with Gasteiger partial charge in [-0.1, -0.05) is 0 Å². The average molecular weight is 382 g/mol. The van der Waals surface area contributed by atoms with Gasteiger partial charge in [0.25, 0.3) is 0 Å². The van der Waals surface area contributed by atoms with E-state index in [1.807, 2.05) is 17.0 Å². The molecule has 9 heteroatoms. The summed E-state index contributed by atoms with van der Waals surface area (Å²) in [5, 5.41) is 0. The first kappa shape index (κ1) is 18.1. The van der Waals surface area contributed by atoms with E-state index in [0.29, 0.717) is 31.6 Å². The second-order valence-corrected chi connectivity index (χ2v) is 7.09. The number of carbonyl (C=O) groups excluding carboxylic acids is 1. The summed E-state index contributed by atoms with van der Waals surface area (Å²) >= 11 is 0. The fourth-order valence-electron chi connectivity index (χ4n) is 3.91. The van der Waals surface area contributed by atoms with Crippen LogP contribution in [-0.4, -0.2) is 51.4 Å². The van der Waals surface area contributed by atoms with Crippen LogP contribution in [0.15, 0.2) is 29.0 Å². The molecule has 6 nitrogen and oxygen atoms in total. The molecule has 2 aliphatic rings. The summed E-state index contributed by atoms with van der Waals surface area (Å²) in [6.07, 6.45) is -0.831. The molecule has 2 aromatic rings. The Bertz CT molecular complexity index is 792. The molecule has 0 saturated carbocycles. The monoisotopic (exact) mass is 382 g/mol. The van der Waals surface area contributed by atoms with Crippen molar-refractivity contribution in [3.63, 3.8) is 0 Å². The molecule has 0 aliphatic carbocycles. The Morgan fingerprint density at radius 2 is 2.00 bits per heavy atom. The van der Waals surface area contributed by atoms with E-state index >= 15 is 0 Å². The minimum atomic E-state index is -4.46. The molecule has 27 heavy (non-hydrogen) atoms. The highest BCUT2D eigenvalue weighted by molar-refractivity contribution is 5.79. The third kappa shape index (κ3) is 3.73. The van der Waals surface area contributed by atoms with Gasteiger partial charge in [-0.25, -0.2) is 4.98 Å². The van der Waals surface area contributed by atoms with Gasteiger partial charge >= 0.3 is 6.18 Å². The summed E-state index contributed by atoms with van der Waals surface area (Å²) < 4.78 is 45.4. The number of imidazole rings is 1. The fraction of sp³-hybridized carbons (Fsp3) is 0.556. The van der Waals surface area contributed by atoms with E-state index < -0.39 is 12.0 Å². The molecule has 0 N–H and O–H groups in total. The maximum absolute atomic E-state index is 13.0. The third-order valence-electron chi connectivity index (χ3n) is 5.34. The number of furan rings is 1. The van der Waals surface area contributed by atoms with Crippen molar-refractivity contribution in [2.24, 2.45) is 5.92 Å². The van der Waals surface area contributed by atoms with Gasteiger partial charge in [-0.05, 0) is 18.6 Å². The zero-order valence-electron chi connectivity index (χ0n) is 14.8. The minimum Gasteiger partial charge on any atom is -0.468 e. The summed E-state index contributed by atoms with van der Waals surface area (Å²) in [4.78, 5) is 20.4. The molecule has 0 bridgehead atoms. The molecule has 0 radical (unpaired) electrons. The molecule has 146 valence electrons. The second-order valence-electron chi connectivity index (χ2n) is 7.09. The predicted octanol–water partition coefficient (Wildman–Crippen LogP) is 2.40. The number of aromatic nitrogens is 2. The van der Waals surface area contributed by atoms with Crippen LogP contribution in [0.25, 0.3) is 0 Å². The van der Waals surface area contributed by atoms with Gasteiger partial charge in [0, 0.05) is 57.0 Å². The molecule has 4 rings (SSSR count). The fourth-order valence-corrected chi connectivity index (χ4v) is 3.91. The number of nitrogens with zero attached hydrogens (tertiary/aromatic N) is 4. The molecule has 2 aromatic heterocycles. The molecule has 4 heterocycles. The van der Waals surface area contributed by atoms with Crippen LogP contribution in [0.2, 0.25) is 0 Å². The van der Waals surface area contributed by atoms with Crippen molar-refractivity contribution in [2.75, 3.05) is 26.2 Å². The van der Waals surface area contributed by atoms with Crippen LogP contribution in [-0.2, 0) is 30.5 Å². The topological polar surface area (TPSA) is 54.5 Å². The number of rotatable bonds is 3. The second kappa shape index (κ2) is 7.03. The van der Waals surface area contributed by atoms with Crippen LogP contribution in [0.3, 0.4) is 0 Å². The van der Waals surface area contributed by atoms with Crippen molar-refractivity contribution < 1.29 is 22.4 Å². The Labute approximate surface area is 154 Å². The molecule has 1 amide bonds. The SMILES string of the molecule is O=C([C@@H]1CCn2c(cnc2C(F)(F)F)C1)N1CCN(Cc2ccco2)CC1. The van der Waals surface area contributed by atoms with Crippen LogP contribution in [0.4, 0.5) is 13.2 Å². The maximum atomic E-state index is 13.0. The zero-order chi connectivity index (χ0) is 19.0. The Morgan fingerprint density at radius 1 is 1.22 bits per heavy atom. The summed E-state index contributed by atoms with van der Waals surface area (Å²) in [6, 6.07) is 3.78. The lowest BCUT2D eigenvalue weighted by Gasteiger charge is -2.37. The lowest BCUT2D eigenvalue weighted by atomic mass is 9.94. The van der Waals surface area contributed by atoms with E-state index in [4.69, 9.17) is 4.42 Å². The number of fused-ring (bicyclic) bond motifs is 1. The van der Waals surface area contributed by atoms with Crippen LogP contribution < -0.4 is 0 Å². The van der Waals surface area contributed by atoms with Crippen LogP contribution in [0, 0.1) is 5.92 Å². The van der Waals surface area contributed by atoms with Crippen LogP contribution in [0.1, 0.15) is 23.7 Å². The van der Waals surface area contributed by atoms with Gasteiger partial charge in [-0.3, -0.25) is 9.69 Å². The summed E-state index contributed by atoms with van der Waals surface area (Å²) in [7, 11) is 0. The van der Waals surface area contributed by atoms with Crippen molar-refractivity contribution in [2.45, 2.75) is 32.1 Å². The largest absolute Gasteiger partial charge is 0.468 e. The summed E-state index contributed by atoms with van der Waals surface area (Å²) in [5.41, 5.74) is 0.489. The predicted molar refractivity (Wildman–Crippen MR) is 89.6 cm³/mol. The molecule has 1 fully saturated rings. The zero-order valence-corrected chi connectivity index (χ0v) is 14.8. The minimum absolute atomic E-state index is 0.0358. The Morgan fingerprint density at radius 3 is 2.67 bits per heavy atom. The van der Waals surface area contributed by atoms with Gasteiger partial charge in [-0.2, -0.15) is 13.2 Å². The Kier molecular flexibility index (Phi) is 4.71. The molecular weight excluding hydrogens is 361 g/mol. The van der Waals surface area contributed by atoms with Gasteiger partial charge in [0.1, 0.15) is 5.76 Å².